The molecule has 1 aliphatic rings. The van der Waals surface area contributed by atoms with Gasteiger partial charge in [0.15, 0.2) is 0 Å². The summed E-state index contributed by atoms with van der Waals surface area (Å²) in [5.41, 5.74) is 4.23. The summed E-state index contributed by atoms with van der Waals surface area (Å²) in [5.74, 6) is 0.169. The first kappa shape index (κ1) is 26.3. The Hall–Kier alpha value is -4.30. The molecule has 0 aliphatic heterocycles. The molecule has 39 heavy (non-hydrogen) atoms. The second-order valence-electron chi connectivity index (χ2n) is 9.59. The number of nitrogens with one attached hydrogen (secondary N) is 2. The minimum absolute atomic E-state index is 0.0998. The van der Waals surface area contributed by atoms with Gasteiger partial charge in [-0.05, 0) is 77.1 Å². The van der Waals surface area contributed by atoms with Crippen molar-refractivity contribution in [1.82, 2.24) is 20.6 Å². The molecule has 0 unspecified atom stereocenters. The molecule has 3 aromatic carbocycles. The number of hydrogen-bond donors (Lipinski definition) is 2. The number of aromatic nitrogens is 4. The van der Waals surface area contributed by atoms with Gasteiger partial charge in [0.1, 0.15) is 0 Å². The van der Waals surface area contributed by atoms with E-state index in [1.807, 2.05) is 42.5 Å². The molecule has 0 radical (unpaired) electrons. The van der Waals surface area contributed by atoms with Crippen molar-refractivity contribution >= 4 is 41.1 Å². The number of rotatable bonds is 8. The molecule has 1 fully saturated rings. The first-order chi connectivity index (χ1) is 19.1. The van der Waals surface area contributed by atoms with Crippen LogP contribution in [0.15, 0.2) is 78.9 Å². The molecule has 198 valence electrons. The lowest BCUT2D eigenvalue weighted by atomic mass is 9.84. The Labute approximate surface area is 232 Å². The quantitative estimate of drug-likeness (QED) is 0.252. The van der Waals surface area contributed by atoms with Gasteiger partial charge in [0.05, 0.1) is 6.54 Å². The van der Waals surface area contributed by atoms with Crippen molar-refractivity contribution in [3.05, 3.63) is 106 Å². The van der Waals surface area contributed by atoms with E-state index in [1.54, 1.807) is 35.3 Å². The minimum atomic E-state index is -0.350. The topological polar surface area (TPSA) is 104 Å². The van der Waals surface area contributed by atoms with Gasteiger partial charge >= 0.3 is 0 Å². The molecule has 1 aromatic heterocycles. The lowest BCUT2D eigenvalue weighted by molar-refractivity contribution is -0.114. The lowest BCUT2D eigenvalue weighted by Gasteiger charge is -2.25. The summed E-state index contributed by atoms with van der Waals surface area (Å²) in [6.45, 7) is 0.335. The van der Waals surface area contributed by atoms with E-state index in [1.165, 1.54) is 37.7 Å². The van der Waals surface area contributed by atoms with Gasteiger partial charge < -0.3 is 4.90 Å². The molecule has 0 bridgehead atoms. The molecule has 1 saturated carbocycles. The largest absolute Gasteiger partial charge is 0.304 e. The first-order valence-electron chi connectivity index (χ1n) is 13.0. The molecule has 0 saturated heterocycles. The van der Waals surface area contributed by atoms with E-state index in [4.69, 9.17) is 11.6 Å². The molecule has 4 aromatic rings. The highest BCUT2D eigenvalue weighted by atomic mass is 35.5. The number of benzene rings is 3. The van der Waals surface area contributed by atoms with Gasteiger partial charge in [0.25, 0.3) is 17.8 Å². The molecular weight excluding hydrogens is 512 g/mol. The predicted octanol–water partition coefficient (Wildman–Crippen LogP) is 6.40. The molecule has 0 atom stereocenters. The Morgan fingerprint density at radius 3 is 2.41 bits per heavy atom. The molecule has 2 amide bonds. The molecular formula is C30H29ClN6O2. The molecule has 8 nitrogen and oxygen atoms in total. The van der Waals surface area contributed by atoms with Crippen molar-refractivity contribution in [2.75, 3.05) is 10.2 Å². The third-order valence-electron chi connectivity index (χ3n) is 6.99. The van der Waals surface area contributed by atoms with Crippen LogP contribution < -0.4 is 10.2 Å². The average molecular weight is 541 g/mol. The fourth-order valence-corrected chi connectivity index (χ4v) is 5.05. The molecule has 5 rings (SSSR count). The second kappa shape index (κ2) is 12.5. The van der Waals surface area contributed by atoms with Crippen LogP contribution in [0.3, 0.4) is 0 Å². The van der Waals surface area contributed by atoms with Gasteiger partial charge in [0, 0.05) is 22.3 Å². The highest BCUT2D eigenvalue weighted by Crippen LogP contribution is 2.33. The number of halogens is 1. The third-order valence-corrected chi connectivity index (χ3v) is 7.33. The molecule has 1 heterocycles. The molecule has 0 spiro atoms. The molecule has 1 aliphatic carbocycles. The summed E-state index contributed by atoms with van der Waals surface area (Å²) in [6, 6.07) is 22.8. The number of anilines is 2. The van der Waals surface area contributed by atoms with Crippen LogP contribution in [0.25, 0.3) is 6.08 Å². The van der Waals surface area contributed by atoms with Crippen molar-refractivity contribution < 1.29 is 9.59 Å². The number of tetrazole rings is 1. The standard InChI is InChI=1S/C30H29ClN6O2/c31-27-9-5-4-8-24(27)16-19-28(38)37(26-17-14-23(15-18-26)22-6-2-1-3-7-22)20-21-10-12-25(13-11-21)29(39)32-30-33-35-36-34-30/h4-5,8-19,22H,1-3,6-7,20H2,(H2,32,33,34,35,36,39)/b19-16+. The lowest BCUT2D eigenvalue weighted by Crippen LogP contribution is -2.28. The van der Waals surface area contributed by atoms with E-state index in [0.717, 1.165) is 16.8 Å². The van der Waals surface area contributed by atoms with Crippen LogP contribution in [0.1, 0.15) is 65.1 Å². The van der Waals surface area contributed by atoms with Gasteiger partial charge in [-0.3, -0.25) is 14.9 Å². The summed E-state index contributed by atoms with van der Waals surface area (Å²) in [5, 5.41) is 16.3. The maximum atomic E-state index is 13.5. The van der Waals surface area contributed by atoms with Crippen LogP contribution in [0, 0.1) is 0 Å². The van der Waals surface area contributed by atoms with Crippen LogP contribution in [0.2, 0.25) is 5.02 Å². The van der Waals surface area contributed by atoms with E-state index in [2.05, 4.69) is 38.1 Å². The van der Waals surface area contributed by atoms with E-state index in [9.17, 15) is 9.59 Å². The molecule has 2 N–H and O–H groups in total. The van der Waals surface area contributed by atoms with Crippen LogP contribution >= 0.6 is 11.6 Å². The van der Waals surface area contributed by atoms with E-state index in [0.29, 0.717) is 23.0 Å². The Balaban J connectivity index is 1.36. The summed E-state index contributed by atoms with van der Waals surface area (Å²) >= 11 is 6.29. The number of aromatic amines is 1. The number of carbonyl (C=O) groups excluding carboxylic acids is 2. The zero-order valence-electron chi connectivity index (χ0n) is 21.4. The van der Waals surface area contributed by atoms with Gasteiger partial charge in [-0.1, -0.05) is 78.4 Å². The Bertz CT molecular complexity index is 1430. The second-order valence-corrected chi connectivity index (χ2v) is 10.00. The highest BCUT2D eigenvalue weighted by Gasteiger charge is 2.18. The van der Waals surface area contributed by atoms with Crippen molar-refractivity contribution in [1.29, 1.82) is 0 Å². The summed E-state index contributed by atoms with van der Waals surface area (Å²) in [6.07, 6.45) is 9.57. The number of nitrogens with zero attached hydrogens (tertiary/aromatic N) is 4. The normalized spacial score (nSPS) is 13.9. The zero-order chi connectivity index (χ0) is 27.0. The van der Waals surface area contributed by atoms with Gasteiger partial charge in [-0.25, -0.2) is 0 Å². The fourth-order valence-electron chi connectivity index (χ4n) is 4.85. The minimum Gasteiger partial charge on any atom is -0.304 e. The van der Waals surface area contributed by atoms with Crippen LogP contribution in [0.5, 0.6) is 0 Å². The van der Waals surface area contributed by atoms with E-state index in [-0.39, 0.29) is 17.8 Å². The Morgan fingerprint density at radius 2 is 1.72 bits per heavy atom. The van der Waals surface area contributed by atoms with Crippen molar-refractivity contribution in [2.24, 2.45) is 0 Å². The monoisotopic (exact) mass is 540 g/mol. The maximum absolute atomic E-state index is 13.5. The third kappa shape index (κ3) is 6.78. The van der Waals surface area contributed by atoms with E-state index < -0.39 is 0 Å². The number of H-pyrrole nitrogens is 1. The average Bonchev–Trinajstić information content (AvgIpc) is 3.49. The number of amides is 2. The number of carbonyl (C=O) groups is 2. The van der Waals surface area contributed by atoms with Gasteiger partial charge in [0.2, 0.25) is 0 Å². The van der Waals surface area contributed by atoms with Crippen LogP contribution in [-0.4, -0.2) is 32.4 Å². The predicted molar refractivity (Wildman–Crippen MR) is 153 cm³/mol. The summed E-state index contributed by atoms with van der Waals surface area (Å²) < 4.78 is 0. The molecule has 9 heteroatoms. The smallest absolute Gasteiger partial charge is 0.270 e. The van der Waals surface area contributed by atoms with Crippen molar-refractivity contribution in [3.63, 3.8) is 0 Å². The Kier molecular flexibility index (Phi) is 8.43. The SMILES string of the molecule is O=C(Nc1nn[nH]n1)c1ccc(CN(C(=O)/C=C/c2ccccc2Cl)c2ccc(C3CCCCC3)cc2)cc1. The fraction of sp³-hybridized carbons (Fsp3) is 0.233. The van der Waals surface area contributed by atoms with Gasteiger partial charge in [-0.2, -0.15) is 5.21 Å². The van der Waals surface area contributed by atoms with E-state index >= 15 is 0 Å². The highest BCUT2D eigenvalue weighted by molar-refractivity contribution is 6.32. The maximum Gasteiger partial charge on any atom is 0.270 e. The summed E-state index contributed by atoms with van der Waals surface area (Å²) in [7, 11) is 0. The van der Waals surface area contributed by atoms with Crippen LogP contribution in [0.4, 0.5) is 11.6 Å². The zero-order valence-corrected chi connectivity index (χ0v) is 22.1. The summed E-state index contributed by atoms with van der Waals surface area (Å²) in [4.78, 5) is 27.7. The first-order valence-corrected chi connectivity index (χ1v) is 13.4. The Morgan fingerprint density at radius 1 is 0.974 bits per heavy atom. The van der Waals surface area contributed by atoms with Crippen LogP contribution in [-0.2, 0) is 11.3 Å². The van der Waals surface area contributed by atoms with Crippen molar-refractivity contribution in [2.45, 2.75) is 44.6 Å². The van der Waals surface area contributed by atoms with Gasteiger partial charge in [-0.15, -0.1) is 5.10 Å². The number of hydrogen-bond acceptors (Lipinski definition) is 5. The van der Waals surface area contributed by atoms with Crippen molar-refractivity contribution in [3.8, 4) is 0 Å².